The minimum atomic E-state index is -0.100. The first kappa shape index (κ1) is 11.7. The second kappa shape index (κ2) is 4.72. The number of carbonyl (C=O) groups excluding carboxylic acids is 1. The molecular formula is C15H15N3O. The second-order valence-electron chi connectivity index (χ2n) is 4.78. The maximum atomic E-state index is 11.9. The van der Waals surface area contributed by atoms with E-state index in [1.54, 1.807) is 12.1 Å². The number of nitrogen functional groups attached to an aromatic ring is 1. The number of pyridine rings is 1. The van der Waals surface area contributed by atoms with Crippen molar-refractivity contribution in [3.05, 3.63) is 59.3 Å². The number of fused-ring (bicyclic) bond motifs is 1. The van der Waals surface area contributed by atoms with Crippen molar-refractivity contribution >= 4 is 11.7 Å². The van der Waals surface area contributed by atoms with Crippen LogP contribution >= 0.6 is 0 Å². The molecule has 1 aliphatic carbocycles. The van der Waals surface area contributed by atoms with E-state index in [0.29, 0.717) is 23.8 Å². The van der Waals surface area contributed by atoms with Crippen LogP contribution in [0.25, 0.3) is 0 Å². The minimum Gasteiger partial charge on any atom is -0.384 e. The van der Waals surface area contributed by atoms with Crippen LogP contribution in [0, 0.1) is 0 Å². The van der Waals surface area contributed by atoms with E-state index in [-0.39, 0.29) is 5.91 Å². The first-order chi connectivity index (χ1) is 9.24. The minimum absolute atomic E-state index is 0.100. The van der Waals surface area contributed by atoms with Gasteiger partial charge in [-0.3, -0.25) is 4.79 Å². The number of hydrogen-bond acceptors (Lipinski definition) is 3. The largest absolute Gasteiger partial charge is 0.384 e. The van der Waals surface area contributed by atoms with Crippen LogP contribution in [-0.4, -0.2) is 17.4 Å². The molecule has 3 N–H and O–H groups in total. The lowest BCUT2D eigenvalue weighted by Gasteiger charge is -2.30. The molecular weight excluding hydrogens is 238 g/mol. The molecule has 0 saturated carbocycles. The van der Waals surface area contributed by atoms with Gasteiger partial charge in [-0.2, -0.15) is 0 Å². The van der Waals surface area contributed by atoms with Crippen LogP contribution in [0.1, 0.15) is 27.4 Å². The van der Waals surface area contributed by atoms with Crippen molar-refractivity contribution in [1.82, 2.24) is 10.3 Å². The van der Waals surface area contributed by atoms with Gasteiger partial charge in [-0.1, -0.05) is 24.3 Å². The van der Waals surface area contributed by atoms with Gasteiger partial charge in [0, 0.05) is 18.7 Å². The number of aromatic nitrogens is 1. The van der Waals surface area contributed by atoms with Gasteiger partial charge in [0.25, 0.3) is 5.91 Å². The molecule has 1 aliphatic rings. The van der Waals surface area contributed by atoms with Gasteiger partial charge in [-0.05, 0) is 29.7 Å². The molecule has 0 saturated heterocycles. The van der Waals surface area contributed by atoms with E-state index in [1.165, 1.54) is 17.3 Å². The number of amides is 1. The normalized spacial score (nSPS) is 16.3. The summed E-state index contributed by atoms with van der Waals surface area (Å²) in [6.07, 6.45) is 2.54. The number of nitrogens with two attached hydrogens (primary N) is 1. The zero-order valence-corrected chi connectivity index (χ0v) is 10.5. The van der Waals surface area contributed by atoms with Crippen molar-refractivity contribution in [2.24, 2.45) is 0 Å². The number of nitrogens with one attached hydrogen (secondary N) is 1. The third-order valence-electron chi connectivity index (χ3n) is 3.52. The van der Waals surface area contributed by atoms with Crippen molar-refractivity contribution in [2.75, 3.05) is 12.3 Å². The summed E-state index contributed by atoms with van der Waals surface area (Å²) in [5.41, 5.74) is 8.76. The molecule has 19 heavy (non-hydrogen) atoms. The second-order valence-corrected chi connectivity index (χ2v) is 4.78. The predicted octanol–water partition coefficient (Wildman–Crippen LogP) is 1.73. The predicted molar refractivity (Wildman–Crippen MR) is 73.9 cm³/mol. The smallest absolute Gasteiger partial charge is 0.252 e. The molecule has 3 rings (SSSR count). The molecule has 1 aromatic heterocycles. The highest BCUT2D eigenvalue weighted by Crippen LogP contribution is 2.33. The van der Waals surface area contributed by atoms with Gasteiger partial charge in [0.05, 0.1) is 5.56 Å². The van der Waals surface area contributed by atoms with E-state index in [0.717, 1.165) is 6.42 Å². The summed E-state index contributed by atoms with van der Waals surface area (Å²) in [4.78, 5) is 15.8. The molecule has 1 aromatic carbocycles. The molecule has 1 amide bonds. The number of benzene rings is 1. The quantitative estimate of drug-likeness (QED) is 0.875. The Balaban J connectivity index is 1.59. The van der Waals surface area contributed by atoms with Gasteiger partial charge < -0.3 is 11.1 Å². The van der Waals surface area contributed by atoms with Gasteiger partial charge in [-0.25, -0.2) is 4.98 Å². The maximum absolute atomic E-state index is 11.9. The Hall–Kier alpha value is -2.36. The monoisotopic (exact) mass is 253 g/mol. The van der Waals surface area contributed by atoms with E-state index in [2.05, 4.69) is 22.4 Å². The molecule has 0 aliphatic heterocycles. The van der Waals surface area contributed by atoms with Crippen molar-refractivity contribution < 1.29 is 4.79 Å². The lowest BCUT2D eigenvalue weighted by atomic mass is 9.77. The third kappa shape index (κ3) is 2.29. The van der Waals surface area contributed by atoms with Crippen molar-refractivity contribution in [2.45, 2.75) is 12.3 Å². The highest BCUT2D eigenvalue weighted by atomic mass is 16.1. The summed E-state index contributed by atoms with van der Waals surface area (Å²) in [6.45, 7) is 0.667. The fourth-order valence-corrected chi connectivity index (χ4v) is 2.40. The van der Waals surface area contributed by atoms with Gasteiger partial charge in [-0.15, -0.1) is 0 Å². The number of carbonyl (C=O) groups is 1. The number of nitrogens with zero attached hydrogens (tertiary/aromatic N) is 1. The van der Waals surface area contributed by atoms with Crippen LogP contribution in [0.4, 0.5) is 5.82 Å². The first-order valence-corrected chi connectivity index (χ1v) is 6.31. The van der Waals surface area contributed by atoms with Crippen LogP contribution in [0.5, 0.6) is 0 Å². The van der Waals surface area contributed by atoms with Crippen LogP contribution < -0.4 is 11.1 Å². The molecule has 1 heterocycles. The van der Waals surface area contributed by atoms with E-state index < -0.39 is 0 Å². The Morgan fingerprint density at radius 3 is 2.89 bits per heavy atom. The fraction of sp³-hybridized carbons (Fsp3) is 0.200. The van der Waals surface area contributed by atoms with Gasteiger partial charge in [0.1, 0.15) is 5.82 Å². The Labute approximate surface area is 111 Å². The van der Waals surface area contributed by atoms with E-state index in [4.69, 9.17) is 5.73 Å². The molecule has 2 aromatic rings. The summed E-state index contributed by atoms with van der Waals surface area (Å²) in [5.74, 6) is 0.753. The molecule has 96 valence electrons. The van der Waals surface area contributed by atoms with E-state index in [9.17, 15) is 4.79 Å². The zero-order valence-electron chi connectivity index (χ0n) is 10.5. The molecule has 0 bridgehead atoms. The molecule has 1 unspecified atom stereocenters. The van der Waals surface area contributed by atoms with Gasteiger partial charge in [0.15, 0.2) is 0 Å². The standard InChI is InChI=1S/C15H15N3O/c16-14-6-5-11(8-17-14)15(19)18-9-12-7-10-3-1-2-4-13(10)12/h1-6,8,12H,7,9H2,(H2,16,17)(H,18,19). The third-order valence-corrected chi connectivity index (χ3v) is 3.52. The Bertz CT molecular complexity index is 607. The van der Waals surface area contributed by atoms with Crippen molar-refractivity contribution in [3.63, 3.8) is 0 Å². The summed E-state index contributed by atoms with van der Waals surface area (Å²) < 4.78 is 0. The first-order valence-electron chi connectivity index (χ1n) is 6.31. The summed E-state index contributed by atoms with van der Waals surface area (Å²) in [7, 11) is 0. The zero-order chi connectivity index (χ0) is 13.2. The van der Waals surface area contributed by atoms with Crippen LogP contribution in [-0.2, 0) is 6.42 Å². The molecule has 4 heteroatoms. The van der Waals surface area contributed by atoms with Crippen molar-refractivity contribution in [3.8, 4) is 0 Å². The van der Waals surface area contributed by atoms with E-state index >= 15 is 0 Å². The topological polar surface area (TPSA) is 68.0 Å². The van der Waals surface area contributed by atoms with Crippen LogP contribution in [0.3, 0.4) is 0 Å². The fourth-order valence-electron chi connectivity index (χ4n) is 2.40. The van der Waals surface area contributed by atoms with Gasteiger partial charge >= 0.3 is 0 Å². The summed E-state index contributed by atoms with van der Waals surface area (Å²) >= 11 is 0. The lowest BCUT2D eigenvalue weighted by molar-refractivity contribution is 0.0949. The number of anilines is 1. The number of hydrogen-bond donors (Lipinski definition) is 2. The average Bonchev–Trinajstić information content (AvgIpc) is 2.40. The summed E-state index contributed by atoms with van der Waals surface area (Å²) in [5, 5.41) is 2.94. The van der Waals surface area contributed by atoms with Crippen molar-refractivity contribution in [1.29, 1.82) is 0 Å². The average molecular weight is 253 g/mol. The Morgan fingerprint density at radius 2 is 2.16 bits per heavy atom. The molecule has 0 fully saturated rings. The highest BCUT2D eigenvalue weighted by molar-refractivity contribution is 5.94. The Kier molecular flexibility index (Phi) is 2.91. The molecule has 0 radical (unpaired) electrons. The van der Waals surface area contributed by atoms with Crippen LogP contribution in [0.15, 0.2) is 42.6 Å². The maximum Gasteiger partial charge on any atom is 0.252 e. The molecule has 0 spiro atoms. The van der Waals surface area contributed by atoms with E-state index in [1.807, 2.05) is 12.1 Å². The lowest BCUT2D eigenvalue weighted by Crippen LogP contribution is -2.33. The number of rotatable bonds is 3. The summed E-state index contributed by atoms with van der Waals surface area (Å²) in [6, 6.07) is 11.7. The SMILES string of the molecule is Nc1ccc(C(=O)NCC2Cc3ccccc32)cn1. The Morgan fingerprint density at radius 1 is 1.32 bits per heavy atom. The highest BCUT2D eigenvalue weighted by Gasteiger charge is 2.25. The van der Waals surface area contributed by atoms with Gasteiger partial charge in [0.2, 0.25) is 0 Å². The molecule has 1 atom stereocenters. The molecule has 4 nitrogen and oxygen atoms in total. The van der Waals surface area contributed by atoms with Crippen LogP contribution in [0.2, 0.25) is 0 Å².